The highest BCUT2D eigenvalue weighted by atomic mass is 79.9. The van der Waals surface area contributed by atoms with Gasteiger partial charge in [-0.1, -0.05) is 0 Å². The van der Waals surface area contributed by atoms with Crippen LogP contribution >= 0.6 is 15.9 Å². The molecule has 0 spiro atoms. The molecule has 7 heteroatoms. The second-order valence-corrected chi connectivity index (χ2v) is 5.53. The van der Waals surface area contributed by atoms with Crippen LogP contribution in [-0.2, 0) is 17.8 Å². The summed E-state index contributed by atoms with van der Waals surface area (Å²) in [6.07, 6.45) is 2.25. The topological polar surface area (TPSA) is 82.7 Å². The van der Waals surface area contributed by atoms with Gasteiger partial charge >= 0.3 is 0 Å². The number of amides is 1. The van der Waals surface area contributed by atoms with Gasteiger partial charge in [-0.3, -0.25) is 10.1 Å². The molecule has 20 heavy (non-hydrogen) atoms. The van der Waals surface area contributed by atoms with Crippen LogP contribution in [0.15, 0.2) is 23.1 Å². The third kappa shape index (κ3) is 2.59. The summed E-state index contributed by atoms with van der Waals surface area (Å²) in [6.45, 7) is 2.49. The number of carbonyl (C=O) groups excluding carboxylic acids is 1. The summed E-state index contributed by atoms with van der Waals surface area (Å²) in [5.41, 5.74) is 3.52. The molecule has 6 nitrogen and oxygen atoms in total. The largest absolute Gasteiger partial charge is 0.347 e. The summed E-state index contributed by atoms with van der Waals surface area (Å²) >= 11 is 3.30. The molecular weight excluding hydrogens is 322 g/mol. The molecule has 1 amide bonds. The quantitative estimate of drug-likeness (QED) is 0.727. The van der Waals surface area contributed by atoms with Crippen molar-refractivity contribution in [3.8, 4) is 0 Å². The average Bonchev–Trinajstić information content (AvgIpc) is 2.89. The van der Waals surface area contributed by atoms with Gasteiger partial charge in [0.2, 0.25) is 5.91 Å². The summed E-state index contributed by atoms with van der Waals surface area (Å²) in [6, 6.07) is 3.38. The maximum atomic E-state index is 12.3. The number of fused-ring (bicyclic) bond motifs is 1. The molecule has 3 heterocycles. The minimum absolute atomic E-state index is 0.0640. The Morgan fingerprint density at radius 2 is 2.35 bits per heavy atom. The number of hydrogen-bond donors (Lipinski definition) is 3. The van der Waals surface area contributed by atoms with Gasteiger partial charge in [0.15, 0.2) is 0 Å². The summed E-state index contributed by atoms with van der Waals surface area (Å²) < 4.78 is 0.755. The van der Waals surface area contributed by atoms with Crippen LogP contribution in [0.3, 0.4) is 0 Å². The normalized spacial score (nSPS) is 17.6. The zero-order chi connectivity index (χ0) is 14.1. The van der Waals surface area contributed by atoms with Crippen LogP contribution in [0.25, 0.3) is 0 Å². The van der Waals surface area contributed by atoms with Crippen LogP contribution in [0, 0.1) is 6.92 Å². The van der Waals surface area contributed by atoms with Gasteiger partial charge in [-0.15, -0.1) is 0 Å². The van der Waals surface area contributed by atoms with Crippen LogP contribution in [-0.4, -0.2) is 26.9 Å². The van der Waals surface area contributed by atoms with Crippen LogP contribution in [0.4, 0.5) is 5.69 Å². The van der Waals surface area contributed by atoms with E-state index in [1.165, 1.54) is 0 Å². The Morgan fingerprint density at radius 1 is 1.50 bits per heavy atom. The first-order chi connectivity index (χ1) is 9.63. The van der Waals surface area contributed by atoms with Gasteiger partial charge < -0.3 is 10.3 Å². The molecule has 1 aliphatic rings. The van der Waals surface area contributed by atoms with Crippen LogP contribution < -0.4 is 10.6 Å². The van der Waals surface area contributed by atoms with Crippen molar-refractivity contribution in [1.29, 1.82) is 0 Å². The summed E-state index contributed by atoms with van der Waals surface area (Å²) in [5, 5.41) is 6.11. The van der Waals surface area contributed by atoms with Crippen molar-refractivity contribution in [3.05, 3.63) is 40.1 Å². The Hall–Kier alpha value is -1.73. The Balaban J connectivity index is 1.71. The number of nitrogens with zero attached hydrogens (tertiary/aromatic N) is 2. The van der Waals surface area contributed by atoms with E-state index in [0.29, 0.717) is 13.0 Å². The van der Waals surface area contributed by atoms with Crippen molar-refractivity contribution in [1.82, 2.24) is 20.3 Å². The minimum atomic E-state index is -0.270. The Labute approximate surface area is 124 Å². The Bertz CT molecular complexity index is 654. The molecule has 3 rings (SSSR count). The number of pyridine rings is 1. The molecule has 0 fully saturated rings. The van der Waals surface area contributed by atoms with Gasteiger partial charge in [-0.25, -0.2) is 9.97 Å². The Morgan fingerprint density at radius 3 is 3.15 bits per heavy atom. The predicted molar refractivity (Wildman–Crippen MR) is 78.2 cm³/mol. The fourth-order valence-corrected chi connectivity index (χ4v) is 2.63. The van der Waals surface area contributed by atoms with Gasteiger partial charge in [-0.05, 0) is 35.0 Å². The molecule has 1 aliphatic heterocycles. The van der Waals surface area contributed by atoms with E-state index in [2.05, 4.69) is 41.5 Å². The van der Waals surface area contributed by atoms with Gasteiger partial charge in [0, 0.05) is 13.0 Å². The number of anilines is 1. The lowest BCUT2D eigenvalue weighted by Gasteiger charge is -2.22. The first kappa shape index (κ1) is 13.3. The zero-order valence-corrected chi connectivity index (χ0v) is 12.5. The first-order valence-corrected chi connectivity index (χ1v) is 7.11. The lowest BCUT2D eigenvalue weighted by Crippen LogP contribution is -2.44. The number of aromatic nitrogens is 3. The number of rotatable bonds is 2. The maximum absolute atomic E-state index is 12.3. The fraction of sp³-hybridized carbons (Fsp3) is 0.308. The average molecular weight is 336 g/mol. The SMILES string of the molecule is Cc1nc(Br)ccc1NC(=O)C1Cc2nc[nH]c2CN1. The molecule has 0 aromatic carbocycles. The van der Waals surface area contributed by atoms with E-state index in [1.54, 1.807) is 6.33 Å². The standard InChI is InChI=1S/C13H14BrN5O/c1-7-8(2-3-12(14)18-7)19-13(20)10-4-9-11(5-15-10)17-6-16-9/h2-3,6,10,15H,4-5H2,1H3,(H,16,17)(H,19,20). The lowest BCUT2D eigenvalue weighted by molar-refractivity contribution is -0.118. The highest BCUT2D eigenvalue weighted by Crippen LogP contribution is 2.18. The van der Waals surface area contributed by atoms with E-state index in [0.717, 1.165) is 27.4 Å². The predicted octanol–water partition coefficient (Wildman–Crippen LogP) is 1.53. The summed E-state index contributed by atoms with van der Waals surface area (Å²) in [5.74, 6) is -0.0640. The van der Waals surface area contributed by atoms with E-state index in [-0.39, 0.29) is 11.9 Å². The second kappa shape index (κ2) is 5.34. The molecule has 0 radical (unpaired) electrons. The molecule has 1 unspecified atom stereocenters. The molecule has 0 aliphatic carbocycles. The van der Waals surface area contributed by atoms with Crippen LogP contribution in [0.5, 0.6) is 0 Å². The number of aromatic amines is 1. The number of halogens is 1. The lowest BCUT2D eigenvalue weighted by atomic mass is 10.0. The molecule has 104 valence electrons. The van der Waals surface area contributed by atoms with Crippen molar-refractivity contribution < 1.29 is 4.79 Å². The van der Waals surface area contributed by atoms with E-state index in [1.807, 2.05) is 19.1 Å². The Kier molecular flexibility index (Phi) is 3.54. The van der Waals surface area contributed by atoms with Gasteiger partial charge in [0.1, 0.15) is 4.60 Å². The third-order valence-corrected chi connectivity index (χ3v) is 3.80. The maximum Gasteiger partial charge on any atom is 0.241 e. The van der Waals surface area contributed by atoms with Crippen molar-refractivity contribution >= 4 is 27.5 Å². The zero-order valence-electron chi connectivity index (χ0n) is 10.9. The van der Waals surface area contributed by atoms with E-state index >= 15 is 0 Å². The fourth-order valence-electron chi connectivity index (χ4n) is 2.24. The number of imidazole rings is 1. The molecule has 0 bridgehead atoms. The summed E-state index contributed by atoms with van der Waals surface area (Å²) in [4.78, 5) is 23.8. The highest BCUT2D eigenvalue weighted by Gasteiger charge is 2.26. The number of H-pyrrole nitrogens is 1. The molecule has 1 atom stereocenters. The summed E-state index contributed by atoms with van der Waals surface area (Å²) in [7, 11) is 0. The number of hydrogen-bond acceptors (Lipinski definition) is 4. The monoisotopic (exact) mass is 335 g/mol. The molecule has 0 saturated carbocycles. The highest BCUT2D eigenvalue weighted by molar-refractivity contribution is 9.10. The van der Waals surface area contributed by atoms with Gasteiger partial charge in [0.25, 0.3) is 0 Å². The third-order valence-electron chi connectivity index (χ3n) is 3.36. The van der Waals surface area contributed by atoms with Crippen molar-refractivity contribution in [2.24, 2.45) is 0 Å². The molecule has 0 saturated heterocycles. The smallest absolute Gasteiger partial charge is 0.241 e. The first-order valence-electron chi connectivity index (χ1n) is 6.32. The van der Waals surface area contributed by atoms with Crippen LogP contribution in [0.2, 0.25) is 0 Å². The van der Waals surface area contributed by atoms with Crippen LogP contribution in [0.1, 0.15) is 17.1 Å². The number of carbonyl (C=O) groups is 1. The molecule has 3 N–H and O–H groups in total. The van der Waals surface area contributed by atoms with E-state index in [9.17, 15) is 4.79 Å². The number of nitrogens with one attached hydrogen (secondary N) is 3. The minimum Gasteiger partial charge on any atom is -0.347 e. The molecule has 2 aromatic rings. The van der Waals surface area contributed by atoms with E-state index in [4.69, 9.17) is 0 Å². The van der Waals surface area contributed by atoms with Crippen molar-refractivity contribution in [3.63, 3.8) is 0 Å². The van der Waals surface area contributed by atoms with Gasteiger partial charge in [0.05, 0.1) is 35.1 Å². The van der Waals surface area contributed by atoms with Crippen molar-refractivity contribution in [2.75, 3.05) is 5.32 Å². The van der Waals surface area contributed by atoms with E-state index < -0.39 is 0 Å². The number of aryl methyl sites for hydroxylation is 1. The van der Waals surface area contributed by atoms with Gasteiger partial charge in [-0.2, -0.15) is 0 Å². The second-order valence-electron chi connectivity index (χ2n) is 4.72. The molecule has 2 aromatic heterocycles. The molecular formula is C13H14BrN5O. The van der Waals surface area contributed by atoms with Crippen molar-refractivity contribution in [2.45, 2.75) is 25.9 Å².